The van der Waals surface area contributed by atoms with Crippen molar-refractivity contribution in [3.8, 4) is 17.2 Å². The number of carbonyl (C=O) groups excluding carboxylic acids is 2. The molecular formula is C25H30INO2S. The summed E-state index contributed by atoms with van der Waals surface area (Å²) in [6.07, 6.45) is 9.68. The first-order valence-electron chi connectivity index (χ1n) is 10.7. The fourth-order valence-electron chi connectivity index (χ4n) is 5.46. The van der Waals surface area contributed by atoms with Gasteiger partial charge in [-0.05, 0) is 56.6 Å². The molecule has 3 rings (SSSR count). The molecule has 0 amide bonds. The lowest BCUT2D eigenvalue weighted by atomic mass is 9.47. The molecule has 3 aliphatic rings. The maximum atomic E-state index is 12.9. The number of fused-ring (bicyclic) bond motifs is 3. The van der Waals surface area contributed by atoms with E-state index >= 15 is 0 Å². The van der Waals surface area contributed by atoms with Crippen LogP contribution in [0.3, 0.4) is 0 Å². The third kappa shape index (κ3) is 4.34. The highest BCUT2D eigenvalue weighted by atomic mass is 127. The van der Waals surface area contributed by atoms with Crippen molar-refractivity contribution in [2.24, 2.45) is 22.7 Å². The molecule has 0 spiro atoms. The Labute approximate surface area is 197 Å². The Hall–Kier alpha value is -1.31. The smallest absolute Gasteiger partial charge is 0.196 e. The molecule has 30 heavy (non-hydrogen) atoms. The van der Waals surface area contributed by atoms with E-state index in [0.29, 0.717) is 6.42 Å². The third-order valence-corrected chi connectivity index (χ3v) is 7.59. The quantitative estimate of drug-likeness (QED) is 0.296. The summed E-state index contributed by atoms with van der Waals surface area (Å²) in [7, 11) is 1.44. The Morgan fingerprint density at radius 3 is 2.60 bits per heavy atom. The SMILES string of the molecule is CC.CCCC1=CC2(C)C3=CC(=O)C(C#N)=CC3(CC#CSI)CCC2C(C)C1=O. The van der Waals surface area contributed by atoms with E-state index in [4.69, 9.17) is 0 Å². The number of nitriles is 1. The van der Waals surface area contributed by atoms with Crippen LogP contribution in [0.25, 0.3) is 0 Å². The average Bonchev–Trinajstić information content (AvgIpc) is 2.74. The Morgan fingerprint density at radius 2 is 2.00 bits per heavy atom. The van der Waals surface area contributed by atoms with Crippen molar-refractivity contribution in [2.45, 2.75) is 66.7 Å². The first-order valence-corrected chi connectivity index (χ1v) is 14.1. The zero-order chi connectivity index (χ0) is 22.5. The standard InChI is InChI=1S/C23H24INO2S.C2H6/c1-4-6-16-12-22(3)18(15(2)21(16)27)7-9-23(8-5-10-28-24)13-17(14-25)19(26)11-20(22)23;1-2/h11-13,15,18H,4,6-9H2,1-3H3;1-2H3. The highest BCUT2D eigenvalue weighted by Crippen LogP contribution is 2.62. The van der Waals surface area contributed by atoms with Crippen LogP contribution in [0.1, 0.15) is 66.7 Å². The largest absolute Gasteiger partial charge is 0.294 e. The van der Waals surface area contributed by atoms with Crippen molar-refractivity contribution in [2.75, 3.05) is 0 Å². The van der Waals surface area contributed by atoms with Crippen molar-refractivity contribution in [1.82, 2.24) is 0 Å². The van der Waals surface area contributed by atoms with E-state index < -0.39 is 5.41 Å². The summed E-state index contributed by atoms with van der Waals surface area (Å²) in [6, 6.07) is 2.07. The Balaban J connectivity index is 0.00000155. The molecule has 4 unspecified atom stereocenters. The van der Waals surface area contributed by atoms with Crippen LogP contribution in [0.2, 0.25) is 0 Å². The molecule has 3 nitrogen and oxygen atoms in total. The number of allylic oxidation sites excluding steroid dienone is 6. The zero-order valence-electron chi connectivity index (χ0n) is 18.5. The van der Waals surface area contributed by atoms with E-state index in [9.17, 15) is 14.9 Å². The second kappa shape index (κ2) is 10.3. The minimum Gasteiger partial charge on any atom is -0.294 e. The summed E-state index contributed by atoms with van der Waals surface area (Å²) in [4.78, 5) is 25.5. The normalized spacial score (nSPS) is 32.0. The predicted molar refractivity (Wildman–Crippen MR) is 133 cm³/mol. The van der Waals surface area contributed by atoms with Gasteiger partial charge in [0.2, 0.25) is 0 Å². The Kier molecular flexibility index (Phi) is 8.60. The van der Waals surface area contributed by atoms with Gasteiger partial charge in [0.15, 0.2) is 11.6 Å². The van der Waals surface area contributed by atoms with E-state index in [2.05, 4.69) is 58.4 Å². The van der Waals surface area contributed by atoms with Gasteiger partial charge in [0.05, 0.1) is 5.57 Å². The van der Waals surface area contributed by atoms with Gasteiger partial charge in [0.1, 0.15) is 6.07 Å². The number of nitrogens with zero attached hydrogens (tertiary/aromatic N) is 1. The molecule has 0 aromatic heterocycles. The molecule has 160 valence electrons. The fourth-order valence-corrected chi connectivity index (χ4v) is 6.05. The van der Waals surface area contributed by atoms with Crippen LogP contribution in [0.4, 0.5) is 0 Å². The maximum Gasteiger partial charge on any atom is 0.196 e. The van der Waals surface area contributed by atoms with E-state index in [1.807, 2.05) is 26.8 Å². The van der Waals surface area contributed by atoms with Gasteiger partial charge in [-0.2, -0.15) is 5.26 Å². The molecule has 0 aliphatic heterocycles. The fraction of sp³-hybridized carbons (Fsp3) is 0.560. The van der Waals surface area contributed by atoms with Crippen LogP contribution in [0.15, 0.2) is 34.9 Å². The van der Waals surface area contributed by atoms with Gasteiger partial charge in [0.25, 0.3) is 0 Å². The van der Waals surface area contributed by atoms with Crippen LogP contribution in [-0.2, 0) is 9.59 Å². The van der Waals surface area contributed by atoms with Gasteiger partial charge in [-0.3, -0.25) is 9.59 Å². The number of halogens is 1. The lowest BCUT2D eigenvalue weighted by Crippen LogP contribution is -2.49. The molecule has 5 heteroatoms. The summed E-state index contributed by atoms with van der Waals surface area (Å²) in [6.45, 7) is 10.3. The van der Waals surface area contributed by atoms with E-state index in [1.165, 1.54) is 8.93 Å². The third-order valence-electron chi connectivity index (χ3n) is 6.71. The number of ketones is 2. The molecule has 0 heterocycles. The second-order valence-corrected chi connectivity index (χ2v) is 9.96. The molecule has 1 saturated carbocycles. The Morgan fingerprint density at radius 1 is 1.30 bits per heavy atom. The number of hydrogen-bond acceptors (Lipinski definition) is 4. The molecule has 3 aliphatic carbocycles. The van der Waals surface area contributed by atoms with Crippen molar-refractivity contribution >= 4 is 41.7 Å². The summed E-state index contributed by atoms with van der Waals surface area (Å²) >= 11 is 2.15. The molecule has 0 bridgehead atoms. The van der Waals surface area contributed by atoms with Crippen LogP contribution in [-0.4, -0.2) is 11.6 Å². The van der Waals surface area contributed by atoms with Crippen molar-refractivity contribution in [3.63, 3.8) is 0 Å². The number of rotatable bonds is 3. The van der Waals surface area contributed by atoms with E-state index in [1.54, 1.807) is 6.08 Å². The van der Waals surface area contributed by atoms with Crippen LogP contribution < -0.4 is 0 Å². The lowest BCUT2D eigenvalue weighted by molar-refractivity contribution is -0.123. The summed E-state index contributed by atoms with van der Waals surface area (Å²) in [5.74, 6) is 3.40. The summed E-state index contributed by atoms with van der Waals surface area (Å²) in [5.41, 5.74) is 1.38. The summed E-state index contributed by atoms with van der Waals surface area (Å²) < 4.78 is 0. The second-order valence-electron chi connectivity index (χ2n) is 8.28. The highest BCUT2D eigenvalue weighted by molar-refractivity contribution is 14.2. The molecule has 0 N–H and O–H groups in total. The van der Waals surface area contributed by atoms with Crippen LogP contribution in [0.5, 0.6) is 0 Å². The molecule has 0 aromatic rings. The number of hydrogen-bond donors (Lipinski definition) is 0. The van der Waals surface area contributed by atoms with Gasteiger partial charge in [-0.25, -0.2) is 0 Å². The van der Waals surface area contributed by atoms with Crippen molar-refractivity contribution in [3.05, 3.63) is 34.9 Å². The molecule has 0 radical (unpaired) electrons. The monoisotopic (exact) mass is 535 g/mol. The summed E-state index contributed by atoms with van der Waals surface area (Å²) in [5, 5.41) is 12.5. The number of carbonyl (C=O) groups is 2. The minimum absolute atomic E-state index is 0.0529. The highest BCUT2D eigenvalue weighted by Gasteiger charge is 2.55. The molecule has 4 atom stereocenters. The van der Waals surface area contributed by atoms with Gasteiger partial charge in [0, 0.05) is 44.4 Å². The van der Waals surface area contributed by atoms with E-state index in [0.717, 1.165) is 36.8 Å². The minimum atomic E-state index is -0.405. The molecule has 1 fully saturated rings. The van der Waals surface area contributed by atoms with Crippen molar-refractivity contribution < 1.29 is 9.59 Å². The van der Waals surface area contributed by atoms with Crippen LogP contribution in [0, 0.1) is 45.2 Å². The molecule has 0 aromatic carbocycles. The van der Waals surface area contributed by atoms with Gasteiger partial charge < -0.3 is 0 Å². The number of Topliss-reactive ketones (excluding diaryl/α,β-unsaturated/α-hetero) is 1. The first kappa shape index (κ1) is 25.0. The Bertz CT molecular complexity index is 914. The lowest BCUT2D eigenvalue weighted by Gasteiger charge is -2.55. The van der Waals surface area contributed by atoms with Gasteiger partial charge in [-0.15, -0.1) is 0 Å². The topological polar surface area (TPSA) is 57.9 Å². The van der Waals surface area contributed by atoms with E-state index in [-0.39, 0.29) is 34.4 Å². The zero-order valence-corrected chi connectivity index (χ0v) is 21.4. The molecule has 0 saturated heterocycles. The average molecular weight is 535 g/mol. The van der Waals surface area contributed by atoms with Gasteiger partial charge in [-0.1, -0.05) is 59.1 Å². The first-order chi connectivity index (χ1) is 14.3. The van der Waals surface area contributed by atoms with Crippen molar-refractivity contribution in [1.29, 1.82) is 5.26 Å². The predicted octanol–water partition coefficient (Wildman–Crippen LogP) is 6.75. The maximum absolute atomic E-state index is 12.9. The van der Waals surface area contributed by atoms with Gasteiger partial charge >= 0.3 is 0 Å². The molecular weight excluding hydrogens is 505 g/mol. The van der Waals surface area contributed by atoms with Crippen LogP contribution >= 0.6 is 30.1 Å².